The van der Waals surface area contributed by atoms with Crippen LogP contribution in [0.1, 0.15) is 10.4 Å². The van der Waals surface area contributed by atoms with E-state index in [-0.39, 0.29) is 0 Å². The Morgan fingerprint density at radius 2 is 1.64 bits per heavy atom. The molecule has 0 aliphatic heterocycles. The summed E-state index contributed by atoms with van der Waals surface area (Å²) in [5, 5.41) is 4.85. The van der Waals surface area contributed by atoms with E-state index in [2.05, 4.69) is 20.3 Å². The van der Waals surface area contributed by atoms with Gasteiger partial charge in [0.05, 0.1) is 43.6 Å². The molecule has 0 radical (unpaired) electrons. The average molecular weight is 545 g/mol. The maximum Gasteiger partial charge on any atom is 0.338 e. The molecule has 0 saturated carbocycles. The Kier molecular flexibility index (Phi) is 7.41. The zero-order valence-electron chi connectivity index (χ0n) is 21.3. The van der Waals surface area contributed by atoms with Crippen molar-refractivity contribution in [1.29, 1.82) is 0 Å². The third-order valence-electron chi connectivity index (χ3n) is 5.85. The zero-order valence-corrected chi connectivity index (χ0v) is 22.1. The molecule has 1 amide bonds. The Bertz CT molecular complexity index is 1640. The minimum atomic E-state index is -0.627. The number of carbonyl (C=O) groups is 2. The van der Waals surface area contributed by atoms with Crippen LogP contribution in [-0.4, -0.2) is 54.8 Å². The Morgan fingerprint density at radius 3 is 2.38 bits per heavy atom. The largest absolute Gasteiger partial charge is 0.497 e. The van der Waals surface area contributed by atoms with E-state index in [1.54, 1.807) is 51.7 Å². The van der Waals surface area contributed by atoms with Gasteiger partial charge in [-0.05, 0) is 60.7 Å². The first-order valence-electron chi connectivity index (χ1n) is 11.8. The van der Waals surface area contributed by atoms with Crippen LogP contribution in [0.4, 0.5) is 5.13 Å². The maximum atomic E-state index is 12.6. The Balaban J connectivity index is 1.19. The van der Waals surface area contributed by atoms with Gasteiger partial charge in [0.15, 0.2) is 23.2 Å². The van der Waals surface area contributed by atoms with Crippen LogP contribution in [0, 0.1) is 0 Å². The van der Waals surface area contributed by atoms with Crippen molar-refractivity contribution >= 4 is 39.4 Å². The Morgan fingerprint density at radius 1 is 0.872 bits per heavy atom. The fourth-order valence-electron chi connectivity index (χ4n) is 3.85. The molecule has 3 aromatic carbocycles. The van der Waals surface area contributed by atoms with E-state index in [1.165, 1.54) is 11.3 Å². The van der Waals surface area contributed by atoms with Crippen molar-refractivity contribution in [2.45, 2.75) is 0 Å². The fraction of sp³-hybridized carbons (Fsp3) is 0.143. The van der Waals surface area contributed by atoms with Gasteiger partial charge in [0, 0.05) is 16.5 Å². The van der Waals surface area contributed by atoms with Crippen LogP contribution in [0.25, 0.3) is 33.7 Å². The highest BCUT2D eigenvalue weighted by atomic mass is 32.1. The second-order valence-electron chi connectivity index (χ2n) is 8.28. The number of hydrogen-bond donors (Lipinski definition) is 2. The molecule has 198 valence electrons. The molecule has 0 aliphatic rings. The number of ether oxygens (including phenoxy) is 4. The average Bonchev–Trinajstić information content (AvgIpc) is 3.62. The van der Waals surface area contributed by atoms with Crippen molar-refractivity contribution in [1.82, 2.24) is 15.0 Å². The number of fused-ring (bicyclic) bond motifs is 1. The number of imidazole rings is 1. The van der Waals surface area contributed by atoms with Crippen LogP contribution in [0.5, 0.6) is 17.2 Å². The second-order valence-corrected chi connectivity index (χ2v) is 9.14. The highest BCUT2D eigenvalue weighted by molar-refractivity contribution is 7.14. The van der Waals surface area contributed by atoms with Crippen molar-refractivity contribution in [2.75, 3.05) is 33.3 Å². The summed E-state index contributed by atoms with van der Waals surface area (Å²) in [6, 6.07) is 17.9. The van der Waals surface area contributed by atoms with Gasteiger partial charge in [-0.15, -0.1) is 11.3 Å². The Labute approximate surface area is 227 Å². The Hall–Kier alpha value is -4.90. The van der Waals surface area contributed by atoms with Gasteiger partial charge >= 0.3 is 5.97 Å². The highest BCUT2D eigenvalue weighted by Crippen LogP contribution is 2.33. The minimum absolute atomic E-state index is 0.296. The van der Waals surface area contributed by atoms with E-state index in [4.69, 9.17) is 18.9 Å². The quantitative estimate of drug-likeness (QED) is 0.243. The SMILES string of the molecule is COc1ccc(-c2nc3ccc(C(=O)OCC(=O)Nc4nc(-c5ccc(OC)c(OC)c5)cs4)cc3[nH]2)cc1. The van der Waals surface area contributed by atoms with Crippen LogP contribution >= 0.6 is 11.3 Å². The van der Waals surface area contributed by atoms with Crippen LogP contribution in [0.2, 0.25) is 0 Å². The zero-order chi connectivity index (χ0) is 27.4. The number of nitrogens with one attached hydrogen (secondary N) is 2. The number of nitrogens with zero attached hydrogens (tertiary/aromatic N) is 2. The number of anilines is 1. The number of amides is 1. The molecular formula is C28H24N4O6S. The van der Waals surface area contributed by atoms with Crippen LogP contribution in [0.15, 0.2) is 66.0 Å². The lowest BCUT2D eigenvalue weighted by molar-refractivity contribution is -0.119. The van der Waals surface area contributed by atoms with Gasteiger partial charge in [-0.1, -0.05) is 0 Å². The first-order valence-corrected chi connectivity index (χ1v) is 12.6. The van der Waals surface area contributed by atoms with E-state index in [0.29, 0.717) is 44.7 Å². The summed E-state index contributed by atoms with van der Waals surface area (Å²) in [4.78, 5) is 37.2. The summed E-state index contributed by atoms with van der Waals surface area (Å²) >= 11 is 1.26. The van der Waals surface area contributed by atoms with E-state index in [0.717, 1.165) is 16.9 Å². The summed E-state index contributed by atoms with van der Waals surface area (Å²) < 4.78 is 21.0. The number of carbonyl (C=O) groups excluding carboxylic acids is 2. The summed E-state index contributed by atoms with van der Waals surface area (Å²) in [5.41, 5.74) is 4.01. The molecule has 39 heavy (non-hydrogen) atoms. The van der Waals surface area contributed by atoms with Crippen LogP contribution in [0.3, 0.4) is 0 Å². The predicted molar refractivity (Wildman–Crippen MR) is 148 cm³/mol. The molecule has 11 heteroatoms. The van der Waals surface area contributed by atoms with Gasteiger partial charge in [-0.25, -0.2) is 14.8 Å². The number of aromatic amines is 1. The molecule has 2 N–H and O–H groups in total. The molecule has 10 nitrogen and oxygen atoms in total. The molecular weight excluding hydrogens is 520 g/mol. The van der Waals surface area contributed by atoms with Crippen molar-refractivity contribution < 1.29 is 28.5 Å². The van der Waals surface area contributed by atoms with Crippen LogP contribution < -0.4 is 19.5 Å². The third-order valence-corrected chi connectivity index (χ3v) is 6.60. The number of methoxy groups -OCH3 is 3. The lowest BCUT2D eigenvalue weighted by atomic mass is 10.1. The van der Waals surface area contributed by atoms with Gasteiger partial charge in [-0.2, -0.15) is 0 Å². The van der Waals surface area contributed by atoms with Crippen LogP contribution in [-0.2, 0) is 9.53 Å². The van der Waals surface area contributed by atoms with E-state index < -0.39 is 18.5 Å². The molecule has 0 aliphatic carbocycles. The lowest BCUT2D eigenvalue weighted by Crippen LogP contribution is -2.20. The number of benzene rings is 3. The van der Waals surface area contributed by atoms with Gasteiger partial charge in [-0.3, -0.25) is 10.1 Å². The van der Waals surface area contributed by atoms with Gasteiger partial charge in [0.1, 0.15) is 11.6 Å². The van der Waals surface area contributed by atoms with E-state index >= 15 is 0 Å². The summed E-state index contributed by atoms with van der Waals surface area (Å²) in [5.74, 6) is 1.46. The number of rotatable bonds is 9. The summed E-state index contributed by atoms with van der Waals surface area (Å²) in [6.07, 6.45) is 0. The molecule has 0 atom stereocenters. The summed E-state index contributed by atoms with van der Waals surface area (Å²) in [7, 11) is 4.73. The number of hydrogen-bond acceptors (Lipinski definition) is 9. The topological polar surface area (TPSA) is 125 Å². The minimum Gasteiger partial charge on any atom is -0.497 e. The monoisotopic (exact) mass is 544 g/mol. The molecule has 0 spiro atoms. The highest BCUT2D eigenvalue weighted by Gasteiger charge is 2.15. The molecule has 0 saturated heterocycles. The normalized spacial score (nSPS) is 10.7. The first-order chi connectivity index (χ1) is 19.0. The number of thiazole rings is 1. The molecule has 0 fully saturated rings. The van der Waals surface area contributed by atoms with Crippen molar-refractivity contribution in [3.05, 3.63) is 71.6 Å². The molecule has 5 rings (SSSR count). The summed E-state index contributed by atoms with van der Waals surface area (Å²) in [6.45, 7) is -0.456. The van der Waals surface area contributed by atoms with Gasteiger partial charge in [0.25, 0.3) is 5.91 Å². The lowest BCUT2D eigenvalue weighted by Gasteiger charge is -2.08. The van der Waals surface area contributed by atoms with Crippen molar-refractivity contribution in [2.24, 2.45) is 0 Å². The van der Waals surface area contributed by atoms with E-state index in [9.17, 15) is 9.59 Å². The standard InChI is InChI=1S/C28H24N4O6S/c1-35-19-8-4-16(5-9-19)26-29-20-10-6-18(12-21(20)30-26)27(34)38-14-25(33)32-28-31-22(15-39-28)17-7-11-23(36-2)24(13-17)37-3/h4-13,15H,14H2,1-3H3,(H,29,30)(H,31,32,33). The predicted octanol–water partition coefficient (Wildman–Crippen LogP) is 5.17. The smallest absolute Gasteiger partial charge is 0.338 e. The molecule has 0 bridgehead atoms. The van der Waals surface area contributed by atoms with E-state index in [1.807, 2.05) is 35.7 Å². The number of esters is 1. The molecule has 0 unspecified atom stereocenters. The second kappa shape index (κ2) is 11.2. The number of H-pyrrole nitrogens is 1. The first kappa shape index (κ1) is 25.7. The third kappa shape index (κ3) is 5.68. The van der Waals surface area contributed by atoms with Gasteiger partial charge in [0.2, 0.25) is 0 Å². The van der Waals surface area contributed by atoms with Crippen molar-refractivity contribution in [3.63, 3.8) is 0 Å². The van der Waals surface area contributed by atoms with Gasteiger partial charge < -0.3 is 23.9 Å². The van der Waals surface area contributed by atoms with Crippen molar-refractivity contribution in [3.8, 4) is 39.9 Å². The molecule has 2 heterocycles. The molecule has 2 aromatic heterocycles. The number of aromatic nitrogens is 3. The molecule has 5 aromatic rings. The maximum absolute atomic E-state index is 12.6. The fourth-order valence-corrected chi connectivity index (χ4v) is 4.59.